The molecule has 0 aliphatic heterocycles. The molecular weight excluding hydrogens is 286 g/mol. The number of nitrogens with two attached hydrogens (primary N) is 1. The van der Waals surface area contributed by atoms with E-state index in [0.717, 1.165) is 0 Å². The maximum Gasteiger partial charge on any atom is 0.237 e. The lowest BCUT2D eigenvalue weighted by atomic mass is 9.81. The van der Waals surface area contributed by atoms with Crippen molar-refractivity contribution in [2.24, 2.45) is 11.1 Å². The second-order valence-corrected chi connectivity index (χ2v) is 5.31. The molecule has 1 rings (SSSR count). The van der Waals surface area contributed by atoms with Crippen LogP contribution in [0.3, 0.4) is 0 Å². The molecule has 5 nitrogen and oxygen atoms in total. The van der Waals surface area contributed by atoms with E-state index in [0.29, 0.717) is 24.2 Å². The topological polar surface area (TPSA) is 84.2 Å². The minimum absolute atomic E-state index is 0.142. The molecule has 0 bridgehead atoms. The zero-order chi connectivity index (χ0) is 16.0. The highest BCUT2D eigenvalue weighted by atomic mass is 32.1. The predicted octanol–water partition coefficient (Wildman–Crippen LogP) is 2.68. The Morgan fingerprint density at radius 2 is 1.52 bits per heavy atom. The summed E-state index contributed by atoms with van der Waals surface area (Å²) in [6.45, 7) is 5.22. The fourth-order valence-electron chi connectivity index (χ4n) is 2.12. The van der Waals surface area contributed by atoms with E-state index in [9.17, 15) is 9.59 Å². The number of nitrogens with one attached hydrogen (secondary N) is 2. The van der Waals surface area contributed by atoms with Gasteiger partial charge in [0.05, 0.1) is 10.4 Å². The van der Waals surface area contributed by atoms with E-state index in [-0.39, 0.29) is 16.8 Å². The van der Waals surface area contributed by atoms with Crippen molar-refractivity contribution in [3.63, 3.8) is 0 Å². The molecular formula is C15H21N3O2S. The second-order valence-electron chi connectivity index (χ2n) is 4.87. The third-order valence-corrected chi connectivity index (χ3v) is 3.97. The Hall–Kier alpha value is -1.95. The summed E-state index contributed by atoms with van der Waals surface area (Å²) in [5, 5.41) is 5.49. The van der Waals surface area contributed by atoms with Crippen molar-refractivity contribution in [2.75, 3.05) is 10.6 Å². The van der Waals surface area contributed by atoms with Crippen molar-refractivity contribution in [2.45, 2.75) is 33.6 Å². The van der Waals surface area contributed by atoms with Gasteiger partial charge < -0.3 is 16.4 Å². The SMILES string of the molecule is CCC(CC)(C(=O)Nc1ccc(NC(C)=O)cc1)C(N)=S. The van der Waals surface area contributed by atoms with Crippen LogP contribution in [0.4, 0.5) is 11.4 Å². The molecule has 0 heterocycles. The summed E-state index contributed by atoms with van der Waals surface area (Å²) < 4.78 is 0. The monoisotopic (exact) mass is 307 g/mol. The molecule has 114 valence electrons. The van der Waals surface area contributed by atoms with Gasteiger partial charge in [0.2, 0.25) is 11.8 Å². The molecule has 0 unspecified atom stereocenters. The van der Waals surface area contributed by atoms with Gasteiger partial charge in [-0.1, -0.05) is 26.1 Å². The van der Waals surface area contributed by atoms with Crippen LogP contribution in [0.5, 0.6) is 0 Å². The van der Waals surface area contributed by atoms with Gasteiger partial charge in [-0.25, -0.2) is 0 Å². The van der Waals surface area contributed by atoms with E-state index in [1.54, 1.807) is 24.3 Å². The van der Waals surface area contributed by atoms with Crippen LogP contribution in [0.2, 0.25) is 0 Å². The zero-order valence-corrected chi connectivity index (χ0v) is 13.3. The molecule has 0 aliphatic carbocycles. The molecule has 0 saturated heterocycles. The van der Waals surface area contributed by atoms with Gasteiger partial charge in [0.25, 0.3) is 0 Å². The molecule has 1 aromatic rings. The van der Waals surface area contributed by atoms with Crippen LogP contribution >= 0.6 is 12.2 Å². The summed E-state index contributed by atoms with van der Waals surface area (Å²) in [5.41, 5.74) is 6.23. The number of hydrogen-bond donors (Lipinski definition) is 3. The Balaban J connectivity index is 2.87. The van der Waals surface area contributed by atoms with E-state index in [4.69, 9.17) is 18.0 Å². The Morgan fingerprint density at radius 1 is 1.10 bits per heavy atom. The number of carbonyl (C=O) groups is 2. The molecule has 0 fully saturated rings. The molecule has 1 aromatic carbocycles. The first-order valence-electron chi connectivity index (χ1n) is 6.84. The molecule has 6 heteroatoms. The Labute approximate surface area is 130 Å². The van der Waals surface area contributed by atoms with Gasteiger partial charge in [0.15, 0.2) is 0 Å². The maximum absolute atomic E-state index is 12.5. The molecule has 0 saturated carbocycles. The average Bonchev–Trinajstić information content (AvgIpc) is 2.42. The molecule has 0 atom stereocenters. The molecule has 4 N–H and O–H groups in total. The van der Waals surface area contributed by atoms with Crippen molar-refractivity contribution in [3.05, 3.63) is 24.3 Å². The van der Waals surface area contributed by atoms with Gasteiger partial charge in [0.1, 0.15) is 0 Å². The Kier molecular flexibility index (Phi) is 5.84. The lowest BCUT2D eigenvalue weighted by Crippen LogP contribution is -2.45. The normalized spacial score (nSPS) is 10.8. The van der Waals surface area contributed by atoms with Gasteiger partial charge >= 0.3 is 0 Å². The molecule has 0 radical (unpaired) electrons. The molecule has 0 aromatic heterocycles. The van der Waals surface area contributed by atoms with Crippen LogP contribution in [0.25, 0.3) is 0 Å². The highest BCUT2D eigenvalue weighted by Crippen LogP contribution is 2.29. The maximum atomic E-state index is 12.5. The largest absolute Gasteiger partial charge is 0.392 e. The number of anilines is 2. The van der Waals surface area contributed by atoms with Gasteiger partial charge in [-0.3, -0.25) is 9.59 Å². The van der Waals surface area contributed by atoms with Crippen molar-refractivity contribution in [1.82, 2.24) is 0 Å². The smallest absolute Gasteiger partial charge is 0.237 e. The van der Waals surface area contributed by atoms with E-state index >= 15 is 0 Å². The summed E-state index contributed by atoms with van der Waals surface area (Å²) in [7, 11) is 0. The van der Waals surface area contributed by atoms with Crippen LogP contribution in [0.15, 0.2) is 24.3 Å². The van der Waals surface area contributed by atoms with Crippen LogP contribution in [-0.2, 0) is 9.59 Å². The summed E-state index contributed by atoms with van der Waals surface area (Å²) in [6.07, 6.45) is 1.10. The second kappa shape index (κ2) is 7.17. The molecule has 2 amide bonds. The quantitative estimate of drug-likeness (QED) is 0.705. The number of rotatable bonds is 6. The first-order chi connectivity index (χ1) is 9.85. The summed E-state index contributed by atoms with van der Waals surface area (Å²) in [6, 6.07) is 6.88. The van der Waals surface area contributed by atoms with Crippen molar-refractivity contribution in [3.8, 4) is 0 Å². The fraction of sp³-hybridized carbons (Fsp3) is 0.400. The van der Waals surface area contributed by atoms with Gasteiger partial charge in [-0.15, -0.1) is 0 Å². The summed E-state index contributed by atoms with van der Waals surface area (Å²) >= 11 is 5.06. The van der Waals surface area contributed by atoms with E-state index in [1.807, 2.05) is 13.8 Å². The Bertz CT molecular complexity index is 536. The third-order valence-electron chi connectivity index (χ3n) is 3.58. The average molecular weight is 307 g/mol. The van der Waals surface area contributed by atoms with E-state index in [2.05, 4.69) is 10.6 Å². The highest BCUT2D eigenvalue weighted by molar-refractivity contribution is 7.80. The number of amides is 2. The first-order valence-corrected chi connectivity index (χ1v) is 7.25. The number of thiocarbonyl (C=S) groups is 1. The van der Waals surface area contributed by atoms with Crippen LogP contribution in [0.1, 0.15) is 33.6 Å². The minimum atomic E-state index is -0.828. The standard InChI is InChI=1S/C15H21N3O2S/c1-4-15(5-2,13(16)21)14(20)18-12-8-6-11(7-9-12)17-10(3)19/h6-9H,4-5H2,1-3H3,(H2,16,21)(H,17,19)(H,18,20). The Morgan fingerprint density at radius 3 is 1.86 bits per heavy atom. The minimum Gasteiger partial charge on any atom is -0.392 e. The summed E-state index contributed by atoms with van der Waals surface area (Å²) in [4.78, 5) is 23.6. The van der Waals surface area contributed by atoms with Crippen molar-refractivity contribution < 1.29 is 9.59 Å². The van der Waals surface area contributed by atoms with Gasteiger partial charge in [-0.05, 0) is 37.1 Å². The van der Waals surface area contributed by atoms with Crippen LogP contribution in [0, 0.1) is 5.41 Å². The molecule has 21 heavy (non-hydrogen) atoms. The van der Waals surface area contributed by atoms with E-state index in [1.165, 1.54) is 6.92 Å². The summed E-state index contributed by atoms with van der Waals surface area (Å²) in [5.74, 6) is -0.344. The van der Waals surface area contributed by atoms with Crippen molar-refractivity contribution in [1.29, 1.82) is 0 Å². The lowest BCUT2D eigenvalue weighted by Gasteiger charge is -2.28. The van der Waals surface area contributed by atoms with Crippen LogP contribution in [-0.4, -0.2) is 16.8 Å². The number of benzene rings is 1. The predicted molar refractivity (Wildman–Crippen MR) is 89.2 cm³/mol. The van der Waals surface area contributed by atoms with Gasteiger partial charge in [-0.2, -0.15) is 0 Å². The van der Waals surface area contributed by atoms with Crippen molar-refractivity contribution >= 4 is 40.4 Å². The molecule has 0 aliphatic rings. The third kappa shape index (κ3) is 4.01. The van der Waals surface area contributed by atoms with Crippen LogP contribution < -0.4 is 16.4 Å². The lowest BCUT2D eigenvalue weighted by molar-refractivity contribution is -0.122. The first kappa shape index (κ1) is 17.1. The highest BCUT2D eigenvalue weighted by Gasteiger charge is 2.38. The zero-order valence-electron chi connectivity index (χ0n) is 12.5. The fourth-order valence-corrected chi connectivity index (χ4v) is 2.50. The molecule has 0 spiro atoms. The van der Waals surface area contributed by atoms with Gasteiger partial charge in [0, 0.05) is 18.3 Å². The number of carbonyl (C=O) groups excluding carboxylic acids is 2. The van der Waals surface area contributed by atoms with E-state index < -0.39 is 5.41 Å². The number of hydrogen-bond acceptors (Lipinski definition) is 3.